The lowest BCUT2D eigenvalue weighted by Crippen LogP contribution is -2.58. The van der Waals surface area contributed by atoms with Gasteiger partial charge in [0, 0.05) is 24.2 Å². The molecule has 5 atom stereocenters. The summed E-state index contributed by atoms with van der Waals surface area (Å²) in [7, 11) is 0. The molecule has 4 heteroatoms. The second-order valence-electron chi connectivity index (χ2n) is 11.0. The SMILES string of the molecule is CCC1CN2CCC1CC2C(NC(=O)C1c2ccccc2-c2ccccc21)c1ccnc2ccccc12. The Morgan fingerprint density at radius 1 is 0.973 bits per heavy atom. The third-order valence-electron chi connectivity index (χ3n) is 9.26. The van der Waals surface area contributed by atoms with Gasteiger partial charge in [0.25, 0.3) is 0 Å². The number of para-hydroxylation sites is 1. The molecule has 1 aliphatic carbocycles. The molecule has 3 fully saturated rings. The van der Waals surface area contributed by atoms with E-state index in [1.165, 1.54) is 29.5 Å². The van der Waals surface area contributed by atoms with Crippen LogP contribution in [0.1, 0.15) is 54.8 Å². The Morgan fingerprint density at radius 2 is 1.68 bits per heavy atom. The molecule has 1 N–H and O–H groups in total. The lowest BCUT2D eigenvalue weighted by atomic mass is 9.72. The van der Waals surface area contributed by atoms with Crippen LogP contribution in [0.25, 0.3) is 22.0 Å². The van der Waals surface area contributed by atoms with Gasteiger partial charge in [-0.3, -0.25) is 14.7 Å². The maximum absolute atomic E-state index is 14.3. The first-order valence-corrected chi connectivity index (χ1v) is 13.8. The maximum atomic E-state index is 14.3. The number of benzene rings is 3. The van der Waals surface area contributed by atoms with Crippen LogP contribution in [-0.2, 0) is 4.79 Å². The highest BCUT2D eigenvalue weighted by molar-refractivity contribution is 5.96. The van der Waals surface area contributed by atoms with E-state index in [0.29, 0.717) is 6.04 Å². The van der Waals surface area contributed by atoms with Crippen molar-refractivity contribution in [2.45, 2.75) is 44.2 Å². The van der Waals surface area contributed by atoms with Gasteiger partial charge >= 0.3 is 0 Å². The standard InChI is InChI=1S/C33H33N3O/c1-2-21-20-36-18-16-22(21)19-30(36)32(28-15-17-34-29-14-8-7-11-25(28)29)35-33(37)31-26-12-5-3-9-23(26)24-10-4-6-13-27(24)31/h3-15,17,21-22,30-32H,2,16,18-20H2,1H3,(H,35,37). The predicted octanol–water partition coefficient (Wildman–Crippen LogP) is 6.33. The van der Waals surface area contributed by atoms with E-state index in [9.17, 15) is 4.79 Å². The first-order valence-electron chi connectivity index (χ1n) is 13.8. The van der Waals surface area contributed by atoms with Crippen LogP contribution in [0, 0.1) is 11.8 Å². The van der Waals surface area contributed by atoms with E-state index >= 15 is 0 Å². The van der Waals surface area contributed by atoms with Gasteiger partial charge in [-0.25, -0.2) is 0 Å². The number of fused-ring (bicyclic) bond motifs is 7. The first kappa shape index (κ1) is 22.7. The summed E-state index contributed by atoms with van der Waals surface area (Å²) in [4.78, 5) is 21.6. The van der Waals surface area contributed by atoms with Crippen molar-refractivity contribution < 1.29 is 4.79 Å². The number of carbonyl (C=O) groups excluding carboxylic acids is 1. The molecule has 5 unspecified atom stereocenters. The number of nitrogens with zero attached hydrogens (tertiary/aromatic N) is 2. The molecule has 3 aliphatic heterocycles. The summed E-state index contributed by atoms with van der Waals surface area (Å²) in [5, 5.41) is 4.76. The number of nitrogens with one attached hydrogen (secondary N) is 1. The molecule has 2 bridgehead atoms. The summed E-state index contributed by atoms with van der Waals surface area (Å²) in [5.74, 6) is 1.31. The molecule has 1 aromatic heterocycles. The van der Waals surface area contributed by atoms with Crippen molar-refractivity contribution in [1.29, 1.82) is 0 Å². The van der Waals surface area contributed by atoms with E-state index in [0.717, 1.165) is 53.4 Å². The van der Waals surface area contributed by atoms with Crippen LogP contribution in [-0.4, -0.2) is 34.9 Å². The van der Waals surface area contributed by atoms with E-state index in [1.54, 1.807) is 0 Å². The maximum Gasteiger partial charge on any atom is 0.232 e. The Kier molecular flexibility index (Phi) is 5.58. The number of carbonyl (C=O) groups is 1. The number of amides is 1. The van der Waals surface area contributed by atoms with Crippen molar-refractivity contribution in [3.05, 3.63) is 102 Å². The van der Waals surface area contributed by atoms with E-state index in [2.05, 4.69) is 94.9 Å². The van der Waals surface area contributed by atoms with Crippen LogP contribution in [0.3, 0.4) is 0 Å². The van der Waals surface area contributed by atoms with Crippen LogP contribution in [0.4, 0.5) is 0 Å². The van der Waals surface area contributed by atoms with Crippen LogP contribution in [0.15, 0.2) is 85.1 Å². The number of hydrogen-bond acceptors (Lipinski definition) is 3. The van der Waals surface area contributed by atoms with Crippen LogP contribution >= 0.6 is 0 Å². The van der Waals surface area contributed by atoms with Gasteiger partial charge in [0.2, 0.25) is 5.91 Å². The third kappa shape index (κ3) is 3.69. The first-order chi connectivity index (χ1) is 18.2. The third-order valence-corrected chi connectivity index (χ3v) is 9.26. The van der Waals surface area contributed by atoms with Gasteiger partial charge in [0.15, 0.2) is 0 Å². The summed E-state index contributed by atoms with van der Waals surface area (Å²) in [6.07, 6.45) is 5.55. The van der Waals surface area contributed by atoms with Crippen molar-refractivity contribution >= 4 is 16.8 Å². The largest absolute Gasteiger partial charge is 0.347 e. The molecule has 0 radical (unpaired) electrons. The molecular formula is C33H33N3O. The Balaban J connectivity index is 1.30. The summed E-state index contributed by atoms with van der Waals surface area (Å²) in [5.41, 5.74) is 6.74. The van der Waals surface area contributed by atoms with Crippen LogP contribution < -0.4 is 5.32 Å². The fourth-order valence-corrected chi connectivity index (χ4v) is 7.43. The van der Waals surface area contributed by atoms with Crippen molar-refractivity contribution in [3.63, 3.8) is 0 Å². The lowest BCUT2D eigenvalue weighted by molar-refractivity contribution is -0.123. The van der Waals surface area contributed by atoms with Gasteiger partial charge in [-0.2, -0.15) is 0 Å². The molecule has 4 nitrogen and oxygen atoms in total. The lowest BCUT2D eigenvalue weighted by Gasteiger charge is -2.52. The summed E-state index contributed by atoms with van der Waals surface area (Å²) in [6.45, 7) is 4.58. The molecule has 0 spiro atoms. The van der Waals surface area contributed by atoms with E-state index in [1.807, 2.05) is 12.3 Å². The molecular weight excluding hydrogens is 454 g/mol. The summed E-state index contributed by atoms with van der Waals surface area (Å²) >= 11 is 0. The molecule has 4 heterocycles. The summed E-state index contributed by atoms with van der Waals surface area (Å²) < 4.78 is 0. The molecule has 37 heavy (non-hydrogen) atoms. The minimum atomic E-state index is -0.290. The number of aromatic nitrogens is 1. The number of rotatable bonds is 5. The average Bonchev–Trinajstić information content (AvgIpc) is 3.30. The fourth-order valence-electron chi connectivity index (χ4n) is 7.43. The molecule has 186 valence electrons. The molecule has 0 saturated carbocycles. The fraction of sp³-hybridized carbons (Fsp3) is 0.333. The Labute approximate surface area is 218 Å². The highest BCUT2D eigenvalue weighted by atomic mass is 16.2. The van der Waals surface area contributed by atoms with E-state index in [4.69, 9.17) is 0 Å². The van der Waals surface area contributed by atoms with Gasteiger partial charge in [-0.1, -0.05) is 80.1 Å². The average molecular weight is 488 g/mol. The van der Waals surface area contributed by atoms with Gasteiger partial charge < -0.3 is 5.32 Å². The van der Waals surface area contributed by atoms with Crippen molar-refractivity contribution in [3.8, 4) is 11.1 Å². The van der Waals surface area contributed by atoms with Crippen molar-refractivity contribution in [2.75, 3.05) is 13.1 Å². The molecule has 8 rings (SSSR count). The molecule has 1 amide bonds. The predicted molar refractivity (Wildman–Crippen MR) is 148 cm³/mol. The normalized spacial score (nSPS) is 25.0. The van der Waals surface area contributed by atoms with Gasteiger partial charge in [0.1, 0.15) is 0 Å². The van der Waals surface area contributed by atoms with Crippen molar-refractivity contribution in [2.24, 2.45) is 11.8 Å². The topological polar surface area (TPSA) is 45.2 Å². The quantitative estimate of drug-likeness (QED) is 0.358. The zero-order valence-corrected chi connectivity index (χ0v) is 21.3. The van der Waals surface area contributed by atoms with E-state index < -0.39 is 0 Å². The minimum absolute atomic E-state index is 0.0825. The molecule has 3 saturated heterocycles. The zero-order valence-electron chi connectivity index (χ0n) is 21.3. The number of piperidine rings is 3. The van der Waals surface area contributed by atoms with Gasteiger partial charge in [-0.15, -0.1) is 0 Å². The monoisotopic (exact) mass is 487 g/mol. The van der Waals surface area contributed by atoms with E-state index in [-0.39, 0.29) is 17.9 Å². The minimum Gasteiger partial charge on any atom is -0.347 e. The van der Waals surface area contributed by atoms with Crippen LogP contribution in [0.5, 0.6) is 0 Å². The molecule has 3 aromatic carbocycles. The summed E-state index contributed by atoms with van der Waals surface area (Å²) in [6, 6.07) is 27.5. The Hall–Kier alpha value is -3.50. The van der Waals surface area contributed by atoms with Gasteiger partial charge in [-0.05, 0) is 71.2 Å². The second-order valence-corrected chi connectivity index (χ2v) is 11.0. The molecule has 4 aliphatic rings. The Morgan fingerprint density at radius 3 is 2.38 bits per heavy atom. The smallest absolute Gasteiger partial charge is 0.232 e. The number of pyridine rings is 1. The molecule has 4 aromatic rings. The second kappa shape index (κ2) is 9.11. The van der Waals surface area contributed by atoms with Gasteiger partial charge in [0.05, 0.1) is 17.5 Å². The van der Waals surface area contributed by atoms with Crippen molar-refractivity contribution in [1.82, 2.24) is 15.2 Å². The number of hydrogen-bond donors (Lipinski definition) is 1. The Bertz CT molecular complexity index is 1430. The zero-order chi connectivity index (χ0) is 24.9. The van der Waals surface area contributed by atoms with Crippen LogP contribution in [0.2, 0.25) is 0 Å². The highest BCUT2D eigenvalue weighted by Crippen LogP contribution is 2.46. The highest BCUT2D eigenvalue weighted by Gasteiger charge is 2.44.